The summed E-state index contributed by atoms with van der Waals surface area (Å²) >= 11 is 1.88. The van der Waals surface area contributed by atoms with E-state index in [4.69, 9.17) is 0 Å². The molecule has 1 aliphatic heterocycles. The summed E-state index contributed by atoms with van der Waals surface area (Å²) in [5.74, 6) is 0. The van der Waals surface area contributed by atoms with Crippen molar-refractivity contribution in [2.45, 2.75) is 10.3 Å². The van der Waals surface area contributed by atoms with Crippen LogP contribution in [0.25, 0.3) is 32.8 Å². The molecule has 0 aliphatic carbocycles. The molecule has 0 spiro atoms. The normalized spacial score (nSPS) is 15.4. The van der Waals surface area contributed by atoms with Crippen LogP contribution in [0.15, 0.2) is 102 Å². The minimum atomic E-state index is 0.260. The molecule has 138 valence electrons. The van der Waals surface area contributed by atoms with Gasteiger partial charge in [0.15, 0.2) is 0 Å². The molecule has 1 unspecified atom stereocenters. The Morgan fingerprint density at radius 1 is 0.724 bits per heavy atom. The van der Waals surface area contributed by atoms with Crippen LogP contribution in [0, 0.1) is 0 Å². The van der Waals surface area contributed by atoms with Gasteiger partial charge in [0.2, 0.25) is 0 Å². The molecule has 1 aliphatic rings. The highest BCUT2D eigenvalue weighted by Crippen LogP contribution is 2.49. The lowest BCUT2D eigenvalue weighted by Gasteiger charge is -2.12. The number of hydrogen-bond donors (Lipinski definition) is 1. The van der Waals surface area contributed by atoms with Gasteiger partial charge in [0.05, 0.1) is 11.4 Å². The van der Waals surface area contributed by atoms with E-state index in [1.807, 2.05) is 18.0 Å². The first-order valence-electron chi connectivity index (χ1n) is 9.76. The first-order chi connectivity index (χ1) is 14.4. The molecule has 0 saturated carbocycles. The number of thioether (sulfide) groups is 1. The molecule has 1 aromatic heterocycles. The van der Waals surface area contributed by atoms with Crippen LogP contribution in [-0.4, -0.2) is 4.98 Å². The van der Waals surface area contributed by atoms with Gasteiger partial charge < -0.3 is 5.32 Å². The maximum atomic E-state index is 4.69. The highest BCUT2D eigenvalue weighted by atomic mass is 32.2. The van der Waals surface area contributed by atoms with E-state index < -0.39 is 0 Å². The maximum absolute atomic E-state index is 4.69. The number of fused-ring (bicyclic) bond motifs is 4. The van der Waals surface area contributed by atoms with Gasteiger partial charge in [-0.15, -0.1) is 0 Å². The Labute approximate surface area is 173 Å². The van der Waals surface area contributed by atoms with Crippen LogP contribution in [0.3, 0.4) is 0 Å². The summed E-state index contributed by atoms with van der Waals surface area (Å²) in [7, 11) is 0. The van der Waals surface area contributed by atoms with Gasteiger partial charge in [-0.1, -0.05) is 84.6 Å². The molecule has 3 heteroatoms. The zero-order valence-corrected chi connectivity index (χ0v) is 16.5. The average molecular weight is 391 g/mol. The van der Waals surface area contributed by atoms with Crippen molar-refractivity contribution < 1.29 is 0 Å². The van der Waals surface area contributed by atoms with Crippen LogP contribution in [-0.2, 0) is 0 Å². The van der Waals surface area contributed by atoms with E-state index in [0.29, 0.717) is 0 Å². The first-order valence-corrected chi connectivity index (χ1v) is 10.6. The van der Waals surface area contributed by atoms with Gasteiger partial charge in [0.1, 0.15) is 5.37 Å². The first kappa shape index (κ1) is 16.6. The van der Waals surface area contributed by atoms with Crippen LogP contribution in [0.5, 0.6) is 0 Å². The minimum absolute atomic E-state index is 0.260. The van der Waals surface area contributed by atoms with Crippen LogP contribution >= 0.6 is 11.8 Å². The number of pyridine rings is 1. The maximum Gasteiger partial charge on any atom is 0.103 e. The molecule has 2 nitrogen and oxygen atoms in total. The Kier molecular flexibility index (Phi) is 3.81. The zero-order valence-electron chi connectivity index (χ0n) is 15.7. The molecule has 5 aromatic rings. The smallest absolute Gasteiger partial charge is 0.103 e. The number of benzene rings is 4. The van der Waals surface area contributed by atoms with E-state index in [0.717, 1.165) is 11.3 Å². The topological polar surface area (TPSA) is 24.9 Å². The van der Waals surface area contributed by atoms with Gasteiger partial charge in [-0.2, -0.15) is 0 Å². The number of hydrogen-bond acceptors (Lipinski definition) is 3. The quantitative estimate of drug-likeness (QED) is 0.343. The van der Waals surface area contributed by atoms with Gasteiger partial charge in [-0.25, -0.2) is 0 Å². The van der Waals surface area contributed by atoms with Gasteiger partial charge in [-0.05, 0) is 34.5 Å². The van der Waals surface area contributed by atoms with E-state index in [9.17, 15) is 0 Å². The molecule has 4 aromatic carbocycles. The van der Waals surface area contributed by atoms with Crippen LogP contribution in [0.2, 0.25) is 0 Å². The lowest BCUT2D eigenvalue weighted by Crippen LogP contribution is -2.00. The Hall–Kier alpha value is -3.30. The lowest BCUT2D eigenvalue weighted by molar-refractivity contribution is 1.14. The standard InChI is InChI=1S/C26H18N2S/c1-2-7-18(8-3-1)26-28-25-22-12-10-20(16-19(22)11-13-23(25)29-26)24-21-9-5-4-6-17(21)14-15-27-24/h1-16,26,28H. The van der Waals surface area contributed by atoms with E-state index in [1.165, 1.54) is 37.7 Å². The van der Waals surface area contributed by atoms with Gasteiger partial charge in [0, 0.05) is 27.4 Å². The van der Waals surface area contributed by atoms with Crippen molar-refractivity contribution in [1.29, 1.82) is 0 Å². The molecular formula is C26H18N2S. The van der Waals surface area contributed by atoms with Gasteiger partial charge in [-0.3, -0.25) is 4.98 Å². The van der Waals surface area contributed by atoms with E-state index in [2.05, 4.69) is 101 Å². The lowest BCUT2D eigenvalue weighted by atomic mass is 10.00. The van der Waals surface area contributed by atoms with E-state index in [1.54, 1.807) is 0 Å². The largest absolute Gasteiger partial charge is 0.368 e. The Bertz CT molecular complexity index is 1360. The number of aromatic nitrogens is 1. The molecule has 0 bridgehead atoms. The number of rotatable bonds is 2. The third-order valence-electron chi connectivity index (χ3n) is 5.55. The van der Waals surface area contributed by atoms with Crippen molar-refractivity contribution in [3.63, 3.8) is 0 Å². The summed E-state index contributed by atoms with van der Waals surface area (Å²) in [6.07, 6.45) is 1.90. The molecule has 0 fully saturated rings. The Morgan fingerprint density at radius 2 is 1.59 bits per heavy atom. The van der Waals surface area contributed by atoms with Crippen molar-refractivity contribution in [2.24, 2.45) is 0 Å². The third-order valence-corrected chi connectivity index (χ3v) is 6.77. The van der Waals surface area contributed by atoms with Crippen molar-refractivity contribution in [3.05, 3.63) is 103 Å². The fourth-order valence-electron chi connectivity index (χ4n) is 4.12. The summed E-state index contributed by atoms with van der Waals surface area (Å²) in [6, 6.07) is 32.3. The van der Waals surface area contributed by atoms with Crippen molar-refractivity contribution >= 4 is 39.0 Å². The minimum Gasteiger partial charge on any atom is -0.368 e. The van der Waals surface area contributed by atoms with Crippen LogP contribution in [0.4, 0.5) is 5.69 Å². The van der Waals surface area contributed by atoms with Crippen LogP contribution < -0.4 is 5.32 Å². The predicted molar refractivity (Wildman–Crippen MR) is 123 cm³/mol. The predicted octanol–water partition coefficient (Wildman–Crippen LogP) is 7.27. The third kappa shape index (κ3) is 2.78. The fourth-order valence-corrected chi connectivity index (χ4v) is 5.28. The second kappa shape index (κ2) is 6.64. The average Bonchev–Trinajstić information content (AvgIpc) is 3.24. The molecule has 0 radical (unpaired) electrons. The van der Waals surface area contributed by atoms with E-state index in [-0.39, 0.29) is 5.37 Å². The summed E-state index contributed by atoms with van der Waals surface area (Å²) in [5.41, 5.74) is 4.73. The Balaban J connectivity index is 1.44. The Morgan fingerprint density at radius 3 is 2.52 bits per heavy atom. The van der Waals surface area contributed by atoms with E-state index >= 15 is 0 Å². The monoisotopic (exact) mass is 390 g/mol. The second-order valence-electron chi connectivity index (χ2n) is 7.31. The SMILES string of the molecule is c1ccc(C2Nc3c(ccc4cc(-c5nccc6ccccc56)ccc34)S2)cc1. The zero-order chi connectivity index (χ0) is 19.2. The number of nitrogens with one attached hydrogen (secondary N) is 1. The van der Waals surface area contributed by atoms with Crippen molar-refractivity contribution in [2.75, 3.05) is 5.32 Å². The molecule has 0 saturated heterocycles. The summed E-state index contributed by atoms with van der Waals surface area (Å²) < 4.78 is 0. The molecule has 29 heavy (non-hydrogen) atoms. The molecule has 6 rings (SSSR count). The summed E-state index contributed by atoms with van der Waals surface area (Å²) in [6.45, 7) is 0. The van der Waals surface area contributed by atoms with Crippen LogP contribution in [0.1, 0.15) is 10.9 Å². The second-order valence-corrected chi connectivity index (χ2v) is 8.46. The van der Waals surface area contributed by atoms with Crippen molar-refractivity contribution in [1.82, 2.24) is 4.98 Å². The summed E-state index contributed by atoms with van der Waals surface area (Å²) in [5, 5.41) is 8.89. The highest BCUT2D eigenvalue weighted by molar-refractivity contribution is 8.00. The molecule has 1 atom stereocenters. The summed E-state index contributed by atoms with van der Waals surface area (Å²) in [4.78, 5) is 6.00. The highest BCUT2D eigenvalue weighted by Gasteiger charge is 2.24. The van der Waals surface area contributed by atoms with Crippen molar-refractivity contribution in [3.8, 4) is 11.3 Å². The molecule has 2 heterocycles. The number of nitrogens with zero attached hydrogens (tertiary/aromatic N) is 1. The molecular weight excluding hydrogens is 372 g/mol. The molecule has 0 amide bonds. The van der Waals surface area contributed by atoms with Gasteiger partial charge in [0.25, 0.3) is 0 Å². The van der Waals surface area contributed by atoms with Gasteiger partial charge >= 0.3 is 0 Å². The molecule has 1 N–H and O–H groups in total. The number of anilines is 1. The fraction of sp³-hybridized carbons (Fsp3) is 0.0385.